The van der Waals surface area contributed by atoms with Crippen molar-refractivity contribution in [2.45, 2.75) is 27.2 Å². The van der Waals surface area contributed by atoms with E-state index in [4.69, 9.17) is 4.74 Å². The second-order valence-corrected chi connectivity index (χ2v) is 5.56. The number of hydrogen-bond donors (Lipinski definition) is 2. The molecule has 0 aliphatic heterocycles. The summed E-state index contributed by atoms with van der Waals surface area (Å²) in [5.74, 6) is 0.0630. The van der Waals surface area contributed by atoms with Gasteiger partial charge in [-0.15, -0.1) is 0 Å². The van der Waals surface area contributed by atoms with Crippen molar-refractivity contribution < 1.29 is 14.3 Å². The van der Waals surface area contributed by atoms with Crippen molar-refractivity contribution in [1.82, 2.24) is 5.32 Å². The number of hydrogen-bond acceptors (Lipinski definition) is 4. The highest BCUT2D eigenvalue weighted by Crippen LogP contribution is 2.30. The van der Waals surface area contributed by atoms with E-state index in [9.17, 15) is 9.59 Å². The van der Waals surface area contributed by atoms with E-state index in [1.165, 1.54) is 20.1 Å². The zero-order chi connectivity index (χ0) is 19.7. The summed E-state index contributed by atoms with van der Waals surface area (Å²) in [5.41, 5.74) is 2.99. The van der Waals surface area contributed by atoms with Gasteiger partial charge in [0.2, 0.25) is 0 Å². The van der Waals surface area contributed by atoms with Crippen LogP contribution >= 0.6 is 0 Å². The van der Waals surface area contributed by atoms with Crippen LogP contribution in [-0.2, 0) is 11.2 Å². The summed E-state index contributed by atoms with van der Waals surface area (Å²) in [6.45, 7) is 12.5. The number of ether oxygens (including phenoxy) is 1. The third-order valence-electron chi connectivity index (χ3n) is 3.82. The molecule has 0 aromatic heterocycles. The lowest BCUT2D eigenvalue weighted by atomic mass is 10.0. The first-order chi connectivity index (χ1) is 12.4. The number of carbonyl (C=O) groups is 2. The number of rotatable bonds is 9. The van der Waals surface area contributed by atoms with Gasteiger partial charge in [-0.05, 0) is 44.0 Å². The van der Waals surface area contributed by atoms with Crippen LogP contribution in [0.3, 0.4) is 0 Å². The normalized spacial score (nSPS) is 11.5. The Labute approximate surface area is 155 Å². The molecule has 5 heteroatoms. The van der Waals surface area contributed by atoms with E-state index < -0.39 is 0 Å². The third-order valence-corrected chi connectivity index (χ3v) is 3.82. The second-order valence-electron chi connectivity index (χ2n) is 5.56. The number of anilines is 1. The van der Waals surface area contributed by atoms with Crippen LogP contribution in [0.15, 0.2) is 61.0 Å². The summed E-state index contributed by atoms with van der Waals surface area (Å²) in [4.78, 5) is 24.5. The Balaban J connectivity index is 3.23. The Bertz CT molecular complexity index is 774. The first kappa shape index (κ1) is 21.0. The smallest absolute Gasteiger partial charge is 0.257 e. The van der Waals surface area contributed by atoms with Gasteiger partial charge in [0.25, 0.3) is 5.91 Å². The fourth-order valence-corrected chi connectivity index (χ4v) is 2.44. The fourth-order valence-electron chi connectivity index (χ4n) is 2.44. The molecule has 0 saturated heterocycles. The third kappa shape index (κ3) is 5.21. The molecular weight excluding hydrogens is 328 g/mol. The highest BCUT2D eigenvalue weighted by Gasteiger charge is 2.16. The molecule has 0 unspecified atom stereocenters. The Morgan fingerprint density at radius 1 is 1.23 bits per heavy atom. The molecule has 138 valence electrons. The fraction of sp³-hybridized carbons (Fsp3) is 0.238. The number of aryl methyl sites for hydroxylation is 1. The van der Waals surface area contributed by atoms with E-state index in [0.717, 1.165) is 5.56 Å². The first-order valence-corrected chi connectivity index (χ1v) is 8.30. The summed E-state index contributed by atoms with van der Waals surface area (Å²) < 4.78 is 5.34. The number of carbonyl (C=O) groups excluding carboxylic acids is 2. The monoisotopic (exact) mass is 354 g/mol. The molecule has 1 aromatic carbocycles. The average molecular weight is 354 g/mol. The lowest BCUT2D eigenvalue weighted by Crippen LogP contribution is -2.18. The number of nitrogens with one attached hydrogen (secondary N) is 2. The summed E-state index contributed by atoms with van der Waals surface area (Å²) in [5, 5.41) is 5.83. The van der Waals surface area contributed by atoms with E-state index >= 15 is 0 Å². The topological polar surface area (TPSA) is 67.4 Å². The van der Waals surface area contributed by atoms with Crippen LogP contribution in [-0.4, -0.2) is 18.8 Å². The van der Waals surface area contributed by atoms with Gasteiger partial charge in [0.1, 0.15) is 5.75 Å². The van der Waals surface area contributed by atoms with E-state index in [2.05, 4.69) is 23.8 Å². The molecule has 0 spiro atoms. The number of Topliss-reactive ketones (excluding diaryl/α,β-unsaturated/α-hetero) is 1. The Kier molecular flexibility index (Phi) is 8.09. The van der Waals surface area contributed by atoms with Crippen LogP contribution in [0.25, 0.3) is 0 Å². The van der Waals surface area contributed by atoms with Gasteiger partial charge in [-0.2, -0.15) is 0 Å². The van der Waals surface area contributed by atoms with Crippen molar-refractivity contribution in [3.8, 4) is 5.75 Å². The summed E-state index contributed by atoms with van der Waals surface area (Å²) in [6, 6.07) is 3.43. The van der Waals surface area contributed by atoms with Crippen molar-refractivity contribution in [3.63, 3.8) is 0 Å². The quantitative estimate of drug-likeness (QED) is 0.397. The molecule has 0 atom stereocenters. The molecule has 5 nitrogen and oxygen atoms in total. The molecule has 1 amide bonds. The molecule has 0 bridgehead atoms. The van der Waals surface area contributed by atoms with Gasteiger partial charge in [0, 0.05) is 17.5 Å². The molecule has 2 N–H and O–H groups in total. The van der Waals surface area contributed by atoms with E-state index in [0.29, 0.717) is 34.7 Å². The summed E-state index contributed by atoms with van der Waals surface area (Å²) in [7, 11) is 1.50. The number of allylic oxidation sites excluding steroid dienone is 3. The molecule has 1 rings (SSSR count). The molecule has 0 fully saturated rings. The van der Waals surface area contributed by atoms with E-state index in [1.54, 1.807) is 37.4 Å². The van der Waals surface area contributed by atoms with Gasteiger partial charge in [-0.3, -0.25) is 9.59 Å². The van der Waals surface area contributed by atoms with Crippen molar-refractivity contribution in [2.75, 3.05) is 12.4 Å². The maximum atomic E-state index is 12.7. The molecule has 26 heavy (non-hydrogen) atoms. The minimum atomic E-state index is -0.326. The maximum Gasteiger partial charge on any atom is 0.257 e. The van der Waals surface area contributed by atoms with Gasteiger partial charge in [-0.1, -0.05) is 32.2 Å². The highest BCUT2D eigenvalue weighted by atomic mass is 16.5. The number of methoxy groups -OCH3 is 1. The SMILES string of the molecule is C=C/C=C\N/C(C)=C(\C=C)C(=O)Nc1cc(CC)c(C(C)=O)cc1OC. The van der Waals surface area contributed by atoms with Crippen molar-refractivity contribution >= 4 is 17.4 Å². The number of benzene rings is 1. The number of ketones is 1. The van der Waals surface area contributed by atoms with Crippen LogP contribution in [0.1, 0.15) is 36.7 Å². The van der Waals surface area contributed by atoms with Gasteiger partial charge in [-0.25, -0.2) is 0 Å². The van der Waals surface area contributed by atoms with Crippen molar-refractivity contribution in [1.29, 1.82) is 0 Å². The molecule has 0 radical (unpaired) electrons. The average Bonchev–Trinajstić information content (AvgIpc) is 2.61. The standard InChI is InChI=1S/C21H26N2O3/c1-7-10-11-22-14(4)17(9-3)21(25)23-19-12-16(8-2)18(15(5)24)13-20(19)26-6/h7,9-13,22H,1,3,8H2,2,4-6H3,(H,23,25)/b11-10-,17-14+. The van der Waals surface area contributed by atoms with Gasteiger partial charge in [0.15, 0.2) is 5.78 Å². The lowest BCUT2D eigenvalue weighted by Gasteiger charge is -2.15. The predicted octanol–water partition coefficient (Wildman–Crippen LogP) is 4.15. The summed E-state index contributed by atoms with van der Waals surface area (Å²) in [6.07, 6.45) is 7.17. The zero-order valence-corrected chi connectivity index (χ0v) is 15.8. The minimum absolute atomic E-state index is 0.0428. The van der Waals surface area contributed by atoms with Gasteiger partial charge < -0.3 is 15.4 Å². The van der Waals surface area contributed by atoms with Crippen LogP contribution < -0.4 is 15.4 Å². The maximum absolute atomic E-state index is 12.7. The van der Waals surface area contributed by atoms with E-state index in [-0.39, 0.29) is 11.7 Å². The molecular formula is C21H26N2O3. The van der Waals surface area contributed by atoms with Crippen molar-refractivity contribution in [2.24, 2.45) is 0 Å². The second kappa shape index (κ2) is 10.0. The number of amides is 1. The molecule has 0 saturated carbocycles. The van der Waals surface area contributed by atoms with Gasteiger partial charge >= 0.3 is 0 Å². The van der Waals surface area contributed by atoms with Gasteiger partial charge in [0.05, 0.1) is 18.4 Å². The Hall–Kier alpha value is -3.08. The zero-order valence-electron chi connectivity index (χ0n) is 15.8. The van der Waals surface area contributed by atoms with Crippen molar-refractivity contribution in [3.05, 3.63) is 72.1 Å². The van der Waals surface area contributed by atoms with Crippen LogP contribution in [0, 0.1) is 0 Å². The molecule has 0 aliphatic rings. The Morgan fingerprint density at radius 2 is 1.92 bits per heavy atom. The van der Waals surface area contributed by atoms with Crippen LogP contribution in [0.4, 0.5) is 5.69 Å². The Morgan fingerprint density at radius 3 is 2.42 bits per heavy atom. The minimum Gasteiger partial charge on any atom is -0.495 e. The predicted molar refractivity (Wildman–Crippen MR) is 106 cm³/mol. The lowest BCUT2D eigenvalue weighted by molar-refractivity contribution is -0.112. The van der Waals surface area contributed by atoms with Crippen LogP contribution in [0.2, 0.25) is 0 Å². The largest absolute Gasteiger partial charge is 0.495 e. The van der Waals surface area contributed by atoms with Crippen LogP contribution in [0.5, 0.6) is 5.75 Å². The molecule has 0 heterocycles. The highest BCUT2D eigenvalue weighted by molar-refractivity contribution is 6.07. The van der Waals surface area contributed by atoms with E-state index in [1.807, 2.05) is 6.92 Å². The summed E-state index contributed by atoms with van der Waals surface area (Å²) >= 11 is 0. The molecule has 0 aliphatic carbocycles. The molecule has 1 aromatic rings. The first-order valence-electron chi connectivity index (χ1n) is 8.30.